The van der Waals surface area contributed by atoms with Crippen LogP contribution in [0.4, 0.5) is 0 Å². The number of Topliss-reactive ketones (excluding diaryl/α,β-unsaturated/α-hetero) is 1. The summed E-state index contributed by atoms with van der Waals surface area (Å²) in [7, 11) is 0. The topological polar surface area (TPSA) is 37.3 Å². The molecule has 0 saturated heterocycles. The minimum atomic E-state index is 0.172. The summed E-state index contributed by atoms with van der Waals surface area (Å²) in [6.07, 6.45) is 20.6. The molecule has 2 nitrogen and oxygen atoms in total. The summed E-state index contributed by atoms with van der Waals surface area (Å²) in [5.41, 5.74) is 0.685. The van der Waals surface area contributed by atoms with Gasteiger partial charge < -0.3 is 5.11 Å². The molecule has 0 bridgehead atoms. The highest BCUT2D eigenvalue weighted by Gasteiger charge is 2.08. The van der Waals surface area contributed by atoms with Crippen LogP contribution in [-0.4, -0.2) is 10.9 Å². The molecule has 0 unspecified atom stereocenters. The van der Waals surface area contributed by atoms with Crippen molar-refractivity contribution in [2.75, 3.05) is 0 Å². The van der Waals surface area contributed by atoms with Gasteiger partial charge in [-0.1, -0.05) is 96.8 Å². The zero-order chi connectivity index (χ0) is 19.7. The van der Waals surface area contributed by atoms with E-state index in [2.05, 4.69) is 22.9 Å². The largest absolute Gasteiger partial charge is 0.507 e. The fourth-order valence-electron chi connectivity index (χ4n) is 3.48. The number of carbonyl (C=O) groups excluding carboxylic acids is 1. The van der Waals surface area contributed by atoms with Gasteiger partial charge in [-0.25, -0.2) is 0 Å². The van der Waals surface area contributed by atoms with E-state index in [4.69, 9.17) is 0 Å². The molecule has 0 aliphatic carbocycles. The van der Waals surface area contributed by atoms with E-state index in [1.807, 2.05) is 0 Å². The molecule has 0 amide bonds. The van der Waals surface area contributed by atoms with Gasteiger partial charge in [0.05, 0.1) is 4.47 Å². The van der Waals surface area contributed by atoms with Crippen molar-refractivity contribution < 1.29 is 9.90 Å². The summed E-state index contributed by atoms with van der Waals surface area (Å²) in [5.74, 6) is 0.351. The third-order valence-electron chi connectivity index (χ3n) is 5.28. The van der Waals surface area contributed by atoms with E-state index < -0.39 is 0 Å². The fourth-order valence-corrected chi connectivity index (χ4v) is 3.86. The molecular formula is C24H39BrO2. The van der Waals surface area contributed by atoms with E-state index >= 15 is 0 Å². The van der Waals surface area contributed by atoms with Crippen molar-refractivity contribution in [3.8, 4) is 5.75 Å². The van der Waals surface area contributed by atoms with Crippen molar-refractivity contribution in [1.82, 2.24) is 0 Å². The summed E-state index contributed by atoms with van der Waals surface area (Å²) in [4.78, 5) is 12.1. The summed E-state index contributed by atoms with van der Waals surface area (Å²) in [5, 5.41) is 9.48. The molecule has 154 valence electrons. The number of hydrogen-bond acceptors (Lipinski definition) is 2. The molecule has 1 aromatic carbocycles. The first-order valence-electron chi connectivity index (χ1n) is 11.2. The number of phenolic OH excluding ortho intramolecular Hbond substituents is 1. The monoisotopic (exact) mass is 438 g/mol. The first kappa shape index (κ1) is 24.2. The van der Waals surface area contributed by atoms with Gasteiger partial charge in [-0.3, -0.25) is 4.79 Å². The number of aromatic hydroxyl groups is 1. The SMILES string of the molecule is CCCCCCCCCCCCCCCCCC(=O)c1ccc(O)c(Br)c1. The molecule has 0 heterocycles. The molecule has 0 aromatic heterocycles. The molecule has 0 radical (unpaired) electrons. The second kappa shape index (κ2) is 16.2. The summed E-state index contributed by atoms with van der Waals surface area (Å²) >= 11 is 3.26. The lowest BCUT2D eigenvalue weighted by Crippen LogP contribution is -1.98. The summed E-state index contributed by atoms with van der Waals surface area (Å²) in [6, 6.07) is 4.99. The molecule has 1 aromatic rings. The number of unbranched alkanes of at least 4 members (excludes halogenated alkanes) is 14. The van der Waals surface area contributed by atoms with E-state index in [1.165, 1.54) is 83.5 Å². The van der Waals surface area contributed by atoms with Gasteiger partial charge in [0.2, 0.25) is 0 Å². The van der Waals surface area contributed by atoms with Crippen LogP contribution in [0.5, 0.6) is 5.75 Å². The second-order valence-corrected chi connectivity index (χ2v) is 8.64. The van der Waals surface area contributed by atoms with E-state index in [0.29, 0.717) is 16.5 Å². The summed E-state index contributed by atoms with van der Waals surface area (Å²) < 4.78 is 0.588. The van der Waals surface area contributed by atoms with Crippen molar-refractivity contribution >= 4 is 21.7 Å². The first-order chi connectivity index (χ1) is 13.1. The molecule has 0 aliphatic heterocycles. The van der Waals surface area contributed by atoms with Gasteiger partial charge in [0, 0.05) is 12.0 Å². The molecular weight excluding hydrogens is 400 g/mol. The molecule has 0 aliphatic rings. The number of benzene rings is 1. The van der Waals surface area contributed by atoms with Gasteiger partial charge in [0.25, 0.3) is 0 Å². The van der Waals surface area contributed by atoms with Gasteiger partial charge >= 0.3 is 0 Å². The molecule has 1 rings (SSSR count). The highest BCUT2D eigenvalue weighted by atomic mass is 79.9. The number of ketones is 1. The van der Waals surface area contributed by atoms with E-state index in [1.54, 1.807) is 18.2 Å². The van der Waals surface area contributed by atoms with E-state index in [-0.39, 0.29) is 11.5 Å². The number of phenols is 1. The van der Waals surface area contributed by atoms with Crippen molar-refractivity contribution in [2.24, 2.45) is 0 Å². The van der Waals surface area contributed by atoms with Crippen LogP contribution in [0.25, 0.3) is 0 Å². The van der Waals surface area contributed by atoms with Crippen molar-refractivity contribution in [2.45, 2.75) is 110 Å². The fraction of sp³-hybridized carbons (Fsp3) is 0.708. The zero-order valence-corrected chi connectivity index (χ0v) is 18.9. The van der Waals surface area contributed by atoms with Crippen molar-refractivity contribution in [3.63, 3.8) is 0 Å². The number of rotatable bonds is 17. The molecule has 0 fully saturated rings. The van der Waals surface area contributed by atoms with Gasteiger partial charge in [-0.05, 0) is 40.5 Å². The van der Waals surface area contributed by atoms with Gasteiger partial charge in [-0.15, -0.1) is 0 Å². The van der Waals surface area contributed by atoms with Crippen molar-refractivity contribution in [3.05, 3.63) is 28.2 Å². The van der Waals surface area contributed by atoms with Crippen LogP contribution in [-0.2, 0) is 0 Å². The van der Waals surface area contributed by atoms with Crippen molar-refractivity contribution in [1.29, 1.82) is 0 Å². The Morgan fingerprint density at radius 2 is 1.22 bits per heavy atom. The smallest absolute Gasteiger partial charge is 0.162 e. The predicted octanol–water partition coefficient (Wildman–Crippen LogP) is 8.60. The third kappa shape index (κ3) is 12.3. The van der Waals surface area contributed by atoms with Crippen LogP contribution in [0.3, 0.4) is 0 Å². The zero-order valence-electron chi connectivity index (χ0n) is 17.3. The van der Waals surface area contributed by atoms with Crippen LogP contribution < -0.4 is 0 Å². The van der Waals surface area contributed by atoms with E-state index in [9.17, 15) is 9.90 Å². The highest BCUT2D eigenvalue weighted by molar-refractivity contribution is 9.10. The van der Waals surface area contributed by atoms with Crippen LogP contribution in [0.1, 0.15) is 120 Å². The maximum atomic E-state index is 12.1. The second-order valence-electron chi connectivity index (χ2n) is 7.79. The Bertz CT molecular complexity index is 513. The number of halogens is 1. The lowest BCUT2D eigenvalue weighted by atomic mass is 10.0. The number of carbonyl (C=O) groups is 1. The van der Waals surface area contributed by atoms with Crippen LogP contribution >= 0.6 is 15.9 Å². The highest BCUT2D eigenvalue weighted by Crippen LogP contribution is 2.25. The molecule has 0 atom stereocenters. The lowest BCUT2D eigenvalue weighted by Gasteiger charge is -2.04. The Balaban J connectivity index is 1.87. The average molecular weight is 439 g/mol. The maximum absolute atomic E-state index is 12.1. The Morgan fingerprint density at radius 1 is 0.778 bits per heavy atom. The number of hydrogen-bond donors (Lipinski definition) is 1. The maximum Gasteiger partial charge on any atom is 0.162 e. The molecule has 27 heavy (non-hydrogen) atoms. The predicted molar refractivity (Wildman–Crippen MR) is 120 cm³/mol. The quantitative estimate of drug-likeness (QED) is 0.195. The lowest BCUT2D eigenvalue weighted by molar-refractivity contribution is 0.0979. The average Bonchev–Trinajstić information content (AvgIpc) is 2.66. The minimum absolute atomic E-state index is 0.172. The molecule has 3 heteroatoms. The van der Waals surface area contributed by atoms with Crippen LogP contribution in [0.2, 0.25) is 0 Å². The first-order valence-corrected chi connectivity index (χ1v) is 12.0. The summed E-state index contributed by atoms with van der Waals surface area (Å²) in [6.45, 7) is 2.27. The Labute approximate surface area is 175 Å². The van der Waals surface area contributed by atoms with Crippen LogP contribution in [0, 0.1) is 0 Å². The molecule has 0 saturated carbocycles. The molecule has 1 N–H and O–H groups in total. The van der Waals surface area contributed by atoms with Gasteiger partial charge in [0.1, 0.15) is 5.75 Å². The standard InChI is InChI=1S/C24H39BrO2/c1-2-3-4-5-6-7-8-9-10-11-12-13-14-15-16-17-23(26)21-18-19-24(27)22(25)20-21/h18-20,27H,2-17H2,1H3. The van der Waals surface area contributed by atoms with Gasteiger partial charge in [0.15, 0.2) is 5.78 Å². The third-order valence-corrected chi connectivity index (χ3v) is 5.91. The van der Waals surface area contributed by atoms with Crippen LogP contribution in [0.15, 0.2) is 22.7 Å². The van der Waals surface area contributed by atoms with E-state index in [0.717, 1.165) is 12.8 Å². The molecule has 0 spiro atoms. The normalized spacial score (nSPS) is 11.0. The minimum Gasteiger partial charge on any atom is -0.507 e. The Morgan fingerprint density at radius 3 is 1.67 bits per heavy atom. The Kier molecular flexibility index (Phi) is 14.5. The van der Waals surface area contributed by atoms with Gasteiger partial charge in [-0.2, -0.15) is 0 Å². The Hall–Kier alpha value is -0.830.